The van der Waals surface area contributed by atoms with E-state index < -0.39 is 28.1 Å². The van der Waals surface area contributed by atoms with Gasteiger partial charge in [0.2, 0.25) is 0 Å². The first-order valence-corrected chi connectivity index (χ1v) is 48.4. The number of nitrogens with zero attached hydrogens (tertiary/aromatic N) is 11. The summed E-state index contributed by atoms with van der Waals surface area (Å²) >= 11 is 2.04. The molecule has 23 nitrogen and oxygen atoms in total. The molecule has 4 aliphatic carbocycles. The van der Waals surface area contributed by atoms with Crippen molar-refractivity contribution in [2.75, 3.05) is 123 Å². The predicted octanol–water partition coefficient (Wildman–Crippen LogP) is 20.9. The summed E-state index contributed by atoms with van der Waals surface area (Å²) in [6.07, 6.45) is 30.8. The maximum atomic E-state index is 12.9. The summed E-state index contributed by atoms with van der Waals surface area (Å²) in [6, 6.07) is 27.5. The van der Waals surface area contributed by atoms with E-state index in [1.165, 1.54) is 70.1 Å². The van der Waals surface area contributed by atoms with Gasteiger partial charge in [-0.05, 0) is 244 Å². The molecule has 25 heteroatoms. The van der Waals surface area contributed by atoms with Crippen molar-refractivity contribution in [3.63, 3.8) is 0 Å². The second-order valence-electron chi connectivity index (χ2n) is 38.8. The lowest BCUT2D eigenvalue weighted by molar-refractivity contribution is -0.142. The van der Waals surface area contributed by atoms with Crippen LogP contribution in [0, 0.1) is 47.9 Å². The number of likely N-dealkylation sites (N-methyl/N-ethyl adjacent to an activating group) is 1. The lowest BCUT2D eigenvalue weighted by Crippen LogP contribution is -2.46. The summed E-state index contributed by atoms with van der Waals surface area (Å²) < 4.78 is 16.9. The highest BCUT2D eigenvalue weighted by molar-refractivity contribution is 7.99. The number of carbonyl (C=O) groups excluding carboxylic acids is 4. The van der Waals surface area contributed by atoms with Crippen molar-refractivity contribution in [1.29, 1.82) is 0 Å². The van der Waals surface area contributed by atoms with Crippen LogP contribution in [0.5, 0.6) is 0 Å². The number of carboxylic acids is 1. The standard InChI is InChI=1S/C28H37N5O.C26H32N4O2S.C26H32N4OS.C24H26N2O4/c1-5-32-16-18-33(19-17-32)15-12-21-6-7-24(31-27(34)25-8-9-26(29-4)30-25)23(20-21)22-10-13-28(2,3)14-11-22;1-26(2)11-8-20(9-12-26)21-18-19(10-13-30-14-16-33(32)17-15-30)4-5-22(21)29-25(31)23-6-7-24(27-3)28-23;1-26(2)11-8-20(9-12-26)21-18-19(10-13-30-14-16-32-17-15-30)4-5-22(21)29-25(31)23-6-7-24(27-3)28-23;1-23(2)12-10-15(11-13-23)17-14-16(24(3,4)22(28)29)6-7-18(17)26-21(27)19-8-9-20(25-5)30-19/h6-7,9-10,20H,5,8,11-19H2,1-3H3,(H,31,34);4-5,7-8,18H,6,9-17H2,1-2H3,(H,29,31);4-5,7-8,18H,6,9-17H2,1-2H3,(H,29,31);6-10,14H,11-13H2,1-4H3,(H,26,27)(H,28,29). The minimum atomic E-state index is -1.06. The average Bonchev–Trinajstić information content (AvgIpc) is 0.942. The van der Waals surface area contributed by atoms with E-state index in [2.05, 4.69) is 204 Å². The summed E-state index contributed by atoms with van der Waals surface area (Å²) in [7, 11) is -0.655. The van der Waals surface area contributed by atoms with E-state index in [9.17, 15) is 33.3 Å². The third-order valence-electron chi connectivity index (χ3n) is 26.5. The molecule has 6 aliphatic heterocycles. The van der Waals surface area contributed by atoms with Gasteiger partial charge in [-0.25, -0.2) is 0 Å². The molecular formula is C104H127N15O8S2. The average molecular weight is 1780 g/mol. The zero-order valence-electron chi connectivity index (χ0n) is 77.2. The Morgan fingerprint density at radius 2 is 0.791 bits per heavy atom. The summed E-state index contributed by atoms with van der Waals surface area (Å²) in [5.41, 5.74) is 18.2. The van der Waals surface area contributed by atoms with Crippen molar-refractivity contribution in [3.8, 4) is 0 Å². The summed E-state index contributed by atoms with van der Waals surface area (Å²) in [5.74, 6) is 2.98. The third-order valence-corrected chi connectivity index (χ3v) is 28.7. The van der Waals surface area contributed by atoms with Crippen molar-refractivity contribution in [2.24, 2.45) is 36.6 Å². The van der Waals surface area contributed by atoms with Gasteiger partial charge in [0, 0.05) is 170 Å². The zero-order chi connectivity index (χ0) is 92.2. The van der Waals surface area contributed by atoms with E-state index in [-0.39, 0.29) is 40.6 Å². The number of thioether (sulfide) groups is 1. The minimum Gasteiger partial charge on any atom is -0.481 e. The van der Waals surface area contributed by atoms with E-state index in [0.717, 1.165) is 218 Å². The quantitative estimate of drug-likeness (QED) is 0.0361. The molecular weight excluding hydrogens is 1650 g/mol. The number of benzene rings is 4. The molecule has 4 aromatic carbocycles. The van der Waals surface area contributed by atoms with Crippen LogP contribution < -0.4 is 21.3 Å². The number of carbonyl (C=O) groups is 5. The smallest absolute Gasteiger partial charge is 0.346 e. The molecule has 5 aromatic rings. The molecule has 0 saturated carbocycles. The molecule has 0 bridgehead atoms. The fourth-order valence-corrected chi connectivity index (χ4v) is 19.3. The Hall–Kier alpha value is -11.0. The highest BCUT2D eigenvalue weighted by Crippen LogP contribution is 2.46. The molecule has 3 saturated heterocycles. The van der Waals surface area contributed by atoms with Gasteiger partial charge in [-0.2, -0.15) is 16.6 Å². The van der Waals surface area contributed by atoms with Gasteiger partial charge in [0.15, 0.2) is 22.9 Å². The van der Waals surface area contributed by atoms with Crippen LogP contribution in [0.25, 0.3) is 41.7 Å². The van der Waals surface area contributed by atoms with Crippen molar-refractivity contribution >= 4 is 120 Å². The lowest BCUT2D eigenvalue weighted by atomic mass is 9.76. The molecule has 129 heavy (non-hydrogen) atoms. The van der Waals surface area contributed by atoms with Gasteiger partial charge in [0.1, 0.15) is 0 Å². The van der Waals surface area contributed by atoms with Crippen LogP contribution >= 0.6 is 11.8 Å². The van der Waals surface area contributed by atoms with Crippen LogP contribution in [-0.4, -0.2) is 177 Å². The Morgan fingerprint density at radius 1 is 0.450 bits per heavy atom. The number of nitrogens with one attached hydrogen (secondary N) is 4. The van der Waals surface area contributed by atoms with E-state index >= 15 is 0 Å². The van der Waals surface area contributed by atoms with Gasteiger partial charge in [-0.3, -0.25) is 28.2 Å². The number of aliphatic carboxylic acids is 1. The predicted molar refractivity (Wildman–Crippen MR) is 526 cm³/mol. The van der Waals surface area contributed by atoms with Gasteiger partial charge in [0.25, 0.3) is 41.1 Å². The van der Waals surface area contributed by atoms with Gasteiger partial charge >= 0.3 is 11.9 Å². The molecule has 0 radical (unpaired) electrons. The van der Waals surface area contributed by atoms with E-state index in [1.54, 1.807) is 44.2 Å². The Bertz CT molecular complexity index is 5570. The van der Waals surface area contributed by atoms with Crippen LogP contribution in [0.4, 0.5) is 28.6 Å². The van der Waals surface area contributed by atoms with Crippen LogP contribution in [0.15, 0.2) is 164 Å². The minimum absolute atomic E-state index is 0.0520. The normalized spacial score (nSPS) is 19.7. The van der Waals surface area contributed by atoms with Crippen LogP contribution in [-0.2, 0) is 54.7 Å². The fraction of sp³-hybridized carbons (Fsp3) is 0.481. The van der Waals surface area contributed by atoms with Crippen molar-refractivity contribution in [3.05, 3.63) is 241 Å². The molecule has 0 atom stereocenters. The first-order valence-electron chi connectivity index (χ1n) is 45.7. The third kappa shape index (κ3) is 27.3. The van der Waals surface area contributed by atoms with Crippen molar-refractivity contribution in [2.45, 2.75) is 197 Å². The van der Waals surface area contributed by atoms with Crippen molar-refractivity contribution in [1.82, 2.24) is 19.6 Å². The molecule has 5 N–H and O–H groups in total. The Labute approximate surface area is 770 Å². The number of amides is 4. The number of carboxylic acid groups (broad SMARTS) is 1. The number of anilines is 4. The topological polar surface area (TPSA) is 251 Å². The van der Waals surface area contributed by atoms with Gasteiger partial charge in [-0.15, -0.1) is 15.0 Å². The molecule has 4 amide bonds. The number of rotatable bonds is 24. The van der Waals surface area contributed by atoms with Gasteiger partial charge < -0.3 is 64.9 Å². The van der Waals surface area contributed by atoms with Crippen LogP contribution in [0.2, 0.25) is 0 Å². The van der Waals surface area contributed by atoms with Crippen molar-refractivity contribution < 1.29 is 37.7 Å². The molecule has 0 spiro atoms. The molecule has 678 valence electrons. The molecule has 15 rings (SSSR count). The number of aliphatic imine (C=N–C) groups is 3. The first-order chi connectivity index (χ1) is 61.7. The highest BCUT2D eigenvalue weighted by Gasteiger charge is 2.35. The number of allylic oxidation sites excluding steroid dienone is 11. The molecule has 0 unspecified atom stereocenters. The highest BCUT2D eigenvalue weighted by atomic mass is 32.2. The van der Waals surface area contributed by atoms with Gasteiger partial charge in [0.05, 0.1) is 12.0 Å². The van der Waals surface area contributed by atoms with Gasteiger partial charge in [-0.1, -0.05) is 149 Å². The first kappa shape index (κ1) is 97.1. The second-order valence-corrected chi connectivity index (χ2v) is 41.7. The van der Waals surface area contributed by atoms with Crippen LogP contribution in [0.1, 0.15) is 228 Å². The lowest BCUT2D eigenvalue weighted by Gasteiger charge is -2.34. The fourth-order valence-electron chi connectivity index (χ4n) is 17.2. The van der Waals surface area contributed by atoms with E-state index in [4.69, 9.17) is 30.7 Å². The summed E-state index contributed by atoms with van der Waals surface area (Å²) in [6.45, 7) is 65.1. The Balaban J connectivity index is 0.000000156. The second kappa shape index (κ2) is 44.1. The number of hydrogen-bond donors (Lipinski definition) is 5. The number of piperazine rings is 1. The van der Waals surface area contributed by atoms with E-state index in [0.29, 0.717) is 75.5 Å². The van der Waals surface area contributed by atoms with E-state index in [1.807, 2.05) is 30.0 Å². The maximum Gasteiger partial charge on any atom is 0.346 e. The molecule has 1 aromatic heterocycles. The molecule has 10 aliphatic rings. The molecule has 3 fully saturated rings. The Morgan fingerprint density at radius 3 is 1.12 bits per heavy atom. The SMILES string of the molecule is [C-]#[N+]C1=CCC(C(=O)Nc2ccc(CCN3CCN(CC)CC3)cc2C2=CCC(C)(C)CC2)=N1.[C-]#[N+]C1=CCC(C(=O)Nc2ccc(CCN3CCS(=O)CC3)cc2C2=CCC(C)(C)CC2)=N1.[C-]#[N+]C1=CCC(C(=O)Nc2ccc(CCN3CCSCC3)cc2C2=CCC(C)(C)CC2)=N1.[C-]#[N+]c1ccc(C(=O)Nc2ccc(C(C)(C)C(=O)O)cc2C2=CCC(C)(C)CC2)o1. The number of furan rings is 1. The number of hydrogen-bond acceptors (Lipinski definition) is 15. The summed E-state index contributed by atoms with van der Waals surface area (Å²) in [5, 5.41) is 21.7. The largest absolute Gasteiger partial charge is 0.481 e. The molecule has 7 heterocycles. The van der Waals surface area contributed by atoms with Crippen LogP contribution in [0.3, 0.4) is 0 Å². The Kier molecular flexibility index (Phi) is 33.2. The maximum absolute atomic E-state index is 12.9. The zero-order valence-corrected chi connectivity index (χ0v) is 78.8. The monoisotopic (exact) mass is 1780 g/mol. The summed E-state index contributed by atoms with van der Waals surface area (Å²) in [4.78, 5) is 98.6.